The standard InChI is InChI=1S/C14H20FNO/c1-9-7-16(8-10(9)2)14-5-4-12(11(3)17)6-13(14)15/h4-6,9-11,17H,7-8H2,1-3H3/t9?,10?,11-/m0/s1. The Morgan fingerprint density at radius 1 is 1.29 bits per heavy atom. The summed E-state index contributed by atoms with van der Waals surface area (Å²) in [4.78, 5) is 2.09. The molecule has 1 N–H and O–H groups in total. The van der Waals surface area contributed by atoms with E-state index in [-0.39, 0.29) is 5.82 Å². The molecule has 2 rings (SSSR count). The fourth-order valence-electron chi connectivity index (χ4n) is 2.37. The minimum absolute atomic E-state index is 0.232. The Bertz CT molecular complexity index is 395. The minimum Gasteiger partial charge on any atom is -0.389 e. The maximum atomic E-state index is 14.0. The molecule has 0 saturated carbocycles. The van der Waals surface area contributed by atoms with E-state index in [0.717, 1.165) is 13.1 Å². The number of nitrogens with zero attached hydrogens (tertiary/aromatic N) is 1. The van der Waals surface area contributed by atoms with Crippen LogP contribution in [0.4, 0.5) is 10.1 Å². The molecule has 2 unspecified atom stereocenters. The predicted molar refractivity (Wildman–Crippen MR) is 67.6 cm³/mol. The van der Waals surface area contributed by atoms with Crippen LogP contribution in [0.3, 0.4) is 0 Å². The zero-order valence-corrected chi connectivity index (χ0v) is 10.7. The molecule has 1 aromatic carbocycles. The van der Waals surface area contributed by atoms with Gasteiger partial charge in [-0.3, -0.25) is 0 Å². The third kappa shape index (κ3) is 2.44. The van der Waals surface area contributed by atoms with E-state index in [1.807, 2.05) is 0 Å². The van der Waals surface area contributed by atoms with E-state index in [2.05, 4.69) is 18.7 Å². The van der Waals surface area contributed by atoms with Crippen molar-refractivity contribution in [3.05, 3.63) is 29.6 Å². The van der Waals surface area contributed by atoms with Gasteiger partial charge >= 0.3 is 0 Å². The number of aliphatic hydroxyl groups excluding tert-OH is 1. The van der Waals surface area contributed by atoms with Gasteiger partial charge in [0.2, 0.25) is 0 Å². The minimum atomic E-state index is -0.616. The SMILES string of the molecule is CC1CN(c2ccc([C@H](C)O)cc2F)CC1C. The largest absolute Gasteiger partial charge is 0.389 e. The van der Waals surface area contributed by atoms with Crippen LogP contribution in [0, 0.1) is 17.7 Å². The summed E-state index contributed by atoms with van der Waals surface area (Å²) in [6, 6.07) is 5.02. The molecule has 0 aliphatic carbocycles. The Kier molecular flexibility index (Phi) is 3.38. The van der Waals surface area contributed by atoms with E-state index >= 15 is 0 Å². The molecule has 1 saturated heterocycles. The Balaban J connectivity index is 2.23. The molecular formula is C14H20FNO. The highest BCUT2D eigenvalue weighted by Gasteiger charge is 2.27. The van der Waals surface area contributed by atoms with Crippen molar-refractivity contribution in [3.8, 4) is 0 Å². The van der Waals surface area contributed by atoms with E-state index < -0.39 is 6.10 Å². The number of anilines is 1. The first-order valence-corrected chi connectivity index (χ1v) is 6.21. The van der Waals surface area contributed by atoms with Crippen LogP contribution in [0.15, 0.2) is 18.2 Å². The third-order valence-electron chi connectivity index (χ3n) is 3.78. The van der Waals surface area contributed by atoms with Crippen molar-refractivity contribution < 1.29 is 9.50 Å². The molecule has 1 aliphatic rings. The number of rotatable bonds is 2. The monoisotopic (exact) mass is 237 g/mol. The van der Waals surface area contributed by atoms with Crippen LogP contribution < -0.4 is 4.90 Å². The molecule has 1 fully saturated rings. The van der Waals surface area contributed by atoms with Gasteiger partial charge in [0.1, 0.15) is 5.82 Å². The molecular weight excluding hydrogens is 217 g/mol. The van der Waals surface area contributed by atoms with E-state index in [1.54, 1.807) is 19.1 Å². The molecule has 0 spiro atoms. The lowest BCUT2D eigenvalue weighted by molar-refractivity contribution is 0.199. The lowest BCUT2D eigenvalue weighted by atomic mass is 10.0. The maximum Gasteiger partial charge on any atom is 0.146 e. The molecule has 0 amide bonds. The van der Waals surface area contributed by atoms with Gasteiger partial charge in [-0.1, -0.05) is 19.9 Å². The summed E-state index contributed by atoms with van der Waals surface area (Å²) in [7, 11) is 0. The quantitative estimate of drug-likeness (QED) is 0.854. The van der Waals surface area contributed by atoms with Crippen LogP contribution in [0.5, 0.6) is 0 Å². The summed E-state index contributed by atoms with van der Waals surface area (Å²) in [6.45, 7) is 7.87. The average Bonchev–Trinajstić information content (AvgIpc) is 2.58. The fraction of sp³-hybridized carbons (Fsp3) is 0.571. The summed E-state index contributed by atoms with van der Waals surface area (Å²) in [5, 5.41) is 9.41. The van der Waals surface area contributed by atoms with Gasteiger partial charge in [0.15, 0.2) is 0 Å². The van der Waals surface area contributed by atoms with Crippen LogP contribution in [0.25, 0.3) is 0 Å². The van der Waals surface area contributed by atoms with Crippen LogP contribution in [0.2, 0.25) is 0 Å². The van der Waals surface area contributed by atoms with Gasteiger partial charge in [-0.2, -0.15) is 0 Å². The Labute approximate surface area is 102 Å². The normalized spacial score (nSPS) is 26.3. The average molecular weight is 237 g/mol. The molecule has 1 aromatic rings. The number of hydrogen-bond donors (Lipinski definition) is 1. The van der Waals surface area contributed by atoms with Gasteiger partial charge < -0.3 is 10.0 Å². The third-order valence-corrected chi connectivity index (χ3v) is 3.78. The molecule has 1 heterocycles. The molecule has 2 nitrogen and oxygen atoms in total. The van der Waals surface area contributed by atoms with Crippen molar-refractivity contribution >= 4 is 5.69 Å². The maximum absolute atomic E-state index is 14.0. The predicted octanol–water partition coefficient (Wildman–Crippen LogP) is 2.97. The van der Waals surface area contributed by atoms with Crippen molar-refractivity contribution in [2.75, 3.05) is 18.0 Å². The summed E-state index contributed by atoms with van der Waals surface area (Å²) in [6.07, 6.45) is -0.616. The molecule has 94 valence electrons. The molecule has 0 aromatic heterocycles. The highest BCUT2D eigenvalue weighted by molar-refractivity contribution is 5.50. The van der Waals surface area contributed by atoms with E-state index in [0.29, 0.717) is 23.1 Å². The van der Waals surface area contributed by atoms with Crippen LogP contribution in [-0.4, -0.2) is 18.2 Å². The van der Waals surface area contributed by atoms with E-state index in [4.69, 9.17) is 0 Å². The number of halogens is 1. The lowest BCUT2D eigenvalue weighted by Gasteiger charge is -2.20. The second kappa shape index (κ2) is 4.65. The highest BCUT2D eigenvalue weighted by Crippen LogP contribution is 2.30. The van der Waals surface area contributed by atoms with Gasteiger partial charge in [0.05, 0.1) is 11.8 Å². The second-order valence-corrected chi connectivity index (χ2v) is 5.25. The van der Waals surface area contributed by atoms with Gasteiger partial charge in [-0.05, 0) is 36.5 Å². The molecule has 1 aliphatic heterocycles. The number of hydrogen-bond acceptors (Lipinski definition) is 2. The zero-order valence-electron chi connectivity index (χ0n) is 10.7. The van der Waals surface area contributed by atoms with Crippen molar-refractivity contribution in [1.29, 1.82) is 0 Å². The molecule has 3 atom stereocenters. The van der Waals surface area contributed by atoms with Gasteiger partial charge in [-0.25, -0.2) is 4.39 Å². The zero-order chi connectivity index (χ0) is 12.6. The van der Waals surface area contributed by atoms with Gasteiger partial charge in [0.25, 0.3) is 0 Å². The highest BCUT2D eigenvalue weighted by atomic mass is 19.1. The van der Waals surface area contributed by atoms with Crippen LogP contribution >= 0.6 is 0 Å². The topological polar surface area (TPSA) is 23.5 Å². The van der Waals surface area contributed by atoms with E-state index in [9.17, 15) is 9.50 Å². The van der Waals surface area contributed by atoms with Crippen molar-refractivity contribution in [2.24, 2.45) is 11.8 Å². The molecule has 3 heteroatoms. The summed E-state index contributed by atoms with van der Waals surface area (Å²) >= 11 is 0. The molecule has 0 bridgehead atoms. The van der Waals surface area contributed by atoms with Crippen molar-refractivity contribution in [1.82, 2.24) is 0 Å². The first kappa shape index (κ1) is 12.4. The Morgan fingerprint density at radius 2 is 1.88 bits per heavy atom. The smallest absolute Gasteiger partial charge is 0.146 e. The number of aliphatic hydroxyl groups is 1. The van der Waals surface area contributed by atoms with Crippen molar-refractivity contribution in [2.45, 2.75) is 26.9 Å². The van der Waals surface area contributed by atoms with Gasteiger partial charge in [0, 0.05) is 13.1 Å². The fourth-order valence-corrected chi connectivity index (χ4v) is 2.37. The summed E-state index contributed by atoms with van der Waals surface area (Å²) in [5.74, 6) is 0.974. The summed E-state index contributed by atoms with van der Waals surface area (Å²) in [5.41, 5.74) is 1.29. The van der Waals surface area contributed by atoms with E-state index in [1.165, 1.54) is 6.07 Å². The van der Waals surface area contributed by atoms with Crippen LogP contribution in [-0.2, 0) is 0 Å². The Hall–Kier alpha value is -1.09. The second-order valence-electron chi connectivity index (χ2n) is 5.25. The van der Waals surface area contributed by atoms with Gasteiger partial charge in [-0.15, -0.1) is 0 Å². The Morgan fingerprint density at radius 3 is 2.35 bits per heavy atom. The number of benzene rings is 1. The summed E-state index contributed by atoms with van der Waals surface area (Å²) < 4.78 is 14.0. The first-order chi connectivity index (χ1) is 7.99. The lowest BCUT2D eigenvalue weighted by Crippen LogP contribution is -2.20. The van der Waals surface area contributed by atoms with Crippen molar-refractivity contribution in [3.63, 3.8) is 0 Å². The van der Waals surface area contributed by atoms with Crippen LogP contribution in [0.1, 0.15) is 32.4 Å². The first-order valence-electron chi connectivity index (χ1n) is 6.21. The molecule has 17 heavy (non-hydrogen) atoms. The molecule has 0 radical (unpaired) electrons.